The van der Waals surface area contributed by atoms with Crippen molar-refractivity contribution in [1.29, 1.82) is 0 Å². The Balaban J connectivity index is 2.30. The number of benzene rings is 1. The molecule has 0 saturated carbocycles. The summed E-state index contributed by atoms with van der Waals surface area (Å²) in [7, 11) is 0. The van der Waals surface area contributed by atoms with Gasteiger partial charge in [-0.25, -0.2) is 0 Å². The molecule has 1 aromatic heterocycles. The molecule has 0 aliphatic heterocycles. The van der Waals surface area contributed by atoms with Gasteiger partial charge in [0.25, 0.3) is 0 Å². The van der Waals surface area contributed by atoms with Crippen LogP contribution in [0.3, 0.4) is 0 Å². The van der Waals surface area contributed by atoms with Gasteiger partial charge in [0, 0.05) is 6.54 Å². The molecule has 0 aliphatic carbocycles. The molecule has 102 valence electrons. The number of aromatic nitrogens is 4. The molecule has 1 aromatic carbocycles. The Morgan fingerprint density at radius 1 is 1.21 bits per heavy atom. The number of tetrazole rings is 1. The van der Waals surface area contributed by atoms with Gasteiger partial charge in [0.1, 0.15) is 0 Å². The van der Waals surface area contributed by atoms with E-state index in [4.69, 9.17) is 5.73 Å². The van der Waals surface area contributed by atoms with Gasteiger partial charge >= 0.3 is 0 Å². The van der Waals surface area contributed by atoms with Crippen molar-refractivity contribution in [3.8, 4) is 5.69 Å². The minimum Gasteiger partial charge on any atom is -0.346 e. The van der Waals surface area contributed by atoms with Gasteiger partial charge in [0.2, 0.25) is 5.95 Å². The fourth-order valence-electron chi connectivity index (χ4n) is 2.01. The second-order valence-corrected chi connectivity index (χ2v) is 4.57. The van der Waals surface area contributed by atoms with E-state index in [2.05, 4.69) is 34.7 Å². The molecule has 0 saturated heterocycles. The van der Waals surface area contributed by atoms with Gasteiger partial charge in [-0.05, 0) is 35.4 Å². The molecule has 0 atom stereocenters. The third-order valence-electron chi connectivity index (χ3n) is 3.59. The molecule has 0 spiro atoms. The smallest absolute Gasteiger partial charge is 0.248 e. The van der Waals surface area contributed by atoms with E-state index < -0.39 is 0 Å². The lowest BCUT2D eigenvalue weighted by Gasteiger charge is -2.31. The normalized spacial score (nSPS) is 11.5. The topological polar surface area (TPSA) is 81.7 Å². The zero-order valence-electron chi connectivity index (χ0n) is 11.4. The molecule has 0 fully saturated rings. The van der Waals surface area contributed by atoms with Gasteiger partial charge in [0.15, 0.2) is 0 Å². The Hall–Kier alpha value is -1.95. The molecule has 19 heavy (non-hydrogen) atoms. The summed E-state index contributed by atoms with van der Waals surface area (Å²) in [6, 6.07) is 9.80. The quantitative estimate of drug-likeness (QED) is 0.824. The molecule has 6 heteroatoms. The SMILES string of the molecule is CCC(CC)(CN)Nc1nnnn1-c1ccccc1. The van der Waals surface area contributed by atoms with Crippen molar-refractivity contribution in [2.24, 2.45) is 5.73 Å². The molecule has 2 rings (SSSR count). The zero-order chi connectivity index (χ0) is 13.7. The van der Waals surface area contributed by atoms with E-state index in [0.717, 1.165) is 18.5 Å². The summed E-state index contributed by atoms with van der Waals surface area (Å²) < 4.78 is 1.69. The number of rotatable bonds is 6. The van der Waals surface area contributed by atoms with Crippen molar-refractivity contribution in [2.75, 3.05) is 11.9 Å². The van der Waals surface area contributed by atoms with Crippen molar-refractivity contribution in [2.45, 2.75) is 32.2 Å². The van der Waals surface area contributed by atoms with E-state index in [0.29, 0.717) is 12.5 Å². The lowest BCUT2D eigenvalue weighted by molar-refractivity contribution is 0.440. The summed E-state index contributed by atoms with van der Waals surface area (Å²) in [5.74, 6) is 0.625. The Morgan fingerprint density at radius 3 is 2.47 bits per heavy atom. The Labute approximate surface area is 113 Å². The second-order valence-electron chi connectivity index (χ2n) is 4.57. The summed E-state index contributed by atoms with van der Waals surface area (Å²) in [5, 5.41) is 15.2. The van der Waals surface area contributed by atoms with Crippen molar-refractivity contribution < 1.29 is 0 Å². The minimum atomic E-state index is -0.165. The number of hydrogen-bond acceptors (Lipinski definition) is 5. The van der Waals surface area contributed by atoms with Crippen LogP contribution in [0.5, 0.6) is 0 Å². The maximum Gasteiger partial charge on any atom is 0.248 e. The van der Waals surface area contributed by atoms with Gasteiger partial charge in [-0.2, -0.15) is 4.68 Å². The van der Waals surface area contributed by atoms with Crippen LogP contribution in [0.4, 0.5) is 5.95 Å². The molecule has 0 bridgehead atoms. The average Bonchev–Trinajstić information content (AvgIpc) is 2.94. The highest BCUT2D eigenvalue weighted by atomic mass is 15.6. The molecule has 1 heterocycles. The van der Waals surface area contributed by atoms with E-state index in [1.807, 2.05) is 30.3 Å². The molecule has 0 radical (unpaired) electrons. The van der Waals surface area contributed by atoms with Gasteiger partial charge in [-0.3, -0.25) is 0 Å². The first-order valence-electron chi connectivity index (χ1n) is 6.56. The number of para-hydroxylation sites is 1. The van der Waals surface area contributed by atoms with Crippen LogP contribution >= 0.6 is 0 Å². The molecule has 3 N–H and O–H groups in total. The molecule has 0 unspecified atom stereocenters. The van der Waals surface area contributed by atoms with Crippen LogP contribution in [0, 0.1) is 0 Å². The summed E-state index contributed by atoms with van der Waals surface area (Å²) in [5.41, 5.74) is 6.65. The second kappa shape index (κ2) is 5.79. The van der Waals surface area contributed by atoms with E-state index in [1.165, 1.54) is 0 Å². The number of anilines is 1. The number of nitrogens with zero attached hydrogens (tertiary/aromatic N) is 4. The van der Waals surface area contributed by atoms with Gasteiger partial charge in [-0.15, -0.1) is 0 Å². The van der Waals surface area contributed by atoms with E-state index in [9.17, 15) is 0 Å². The first-order chi connectivity index (χ1) is 9.24. The van der Waals surface area contributed by atoms with Crippen LogP contribution < -0.4 is 11.1 Å². The van der Waals surface area contributed by atoms with Gasteiger partial charge in [0.05, 0.1) is 11.2 Å². The third-order valence-corrected chi connectivity index (χ3v) is 3.59. The van der Waals surface area contributed by atoms with Crippen LogP contribution in [-0.2, 0) is 0 Å². The number of nitrogens with one attached hydrogen (secondary N) is 1. The van der Waals surface area contributed by atoms with Gasteiger partial charge < -0.3 is 11.1 Å². The van der Waals surface area contributed by atoms with Crippen molar-refractivity contribution in [3.63, 3.8) is 0 Å². The summed E-state index contributed by atoms with van der Waals surface area (Å²) in [4.78, 5) is 0. The van der Waals surface area contributed by atoms with E-state index in [1.54, 1.807) is 4.68 Å². The zero-order valence-corrected chi connectivity index (χ0v) is 11.4. The Morgan fingerprint density at radius 2 is 1.89 bits per heavy atom. The van der Waals surface area contributed by atoms with Crippen LogP contribution in [0.2, 0.25) is 0 Å². The highest BCUT2D eigenvalue weighted by molar-refractivity contribution is 5.40. The van der Waals surface area contributed by atoms with Crippen molar-refractivity contribution in [3.05, 3.63) is 30.3 Å². The first kappa shape index (κ1) is 13.5. The molecule has 2 aromatic rings. The number of hydrogen-bond donors (Lipinski definition) is 2. The average molecular weight is 260 g/mol. The predicted octanol–water partition coefficient (Wildman–Crippen LogP) is 1.59. The van der Waals surface area contributed by atoms with Crippen molar-refractivity contribution >= 4 is 5.95 Å². The minimum absolute atomic E-state index is 0.165. The monoisotopic (exact) mass is 260 g/mol. The fraction of sp³-hybridized carbons (Fsp3) is 0.462. The molecule has 0 amide bonds. The van der Waals surface area contributed by atoms with Crippen LogP contribution in [0.1, 0.15) is 26.7 Å². The molecular weight excluding hydrogens is 240 g/mol. The molecule has 6 nitrogen and oxygen atoms in total. The largest absolute Gasteiger partial charge is 0.346 e. The van der Waals surface area contributed by atoms with E-state index in [-0.39, 0.29) is 5.54 Å². The summed E-state index contributed by atoms with van der Waals surface area (Å²) in [6.45, 7) is 4.77. The Kier molecular flexibility index (Phi) is 4.11. The van der Waals surface area contributed by atoms with Crippen LogP contribution in [0.15, 0.2) is 30.3 Å². The van der Waals surface area contributed by atoms with Crippen LogP contribution in [-0.4, -0.2) is 32.3 Å². The standard InChI is InChI=1S/C13H20N6/c1-3-13(4-2,10-14)15-12-16-17-18-19(12)11-8-6-5-7-9-11/h5-9H,3-4,10,14H2,1-2H3,(H,15,16,18). The first-order valence-corrected chi connectivity index (χ1v) is 6.56. The number of nitrogens with two attached hydrogens (primary N) is 1. The highest BCUT2D eigenvalue weighted by Gasteiger charge is 2.26. The summed E-state index contributed by atoms with van der Waals surface area (Å²) in [6.07, 6.45) is 1.84. The lowest BCUT2D eigenvalue weighted by atomic mass is 9.93. The third kappa shape index (κ3) is 2.73. The fourth-order valence-corrected chi connectivity index (χ4v) is 2.01. The van der Waals surface area contributed by atoms with Gasteiger partial charge in [-0.1, -0.05) is 37.1 Å². The summed E-state index contributed by atoms with van der Waals surface area (Å²) >= 11 is 0. The maximum absolute atomic E-state index is 5.89. The molecule has 0 aliphatic rings. The molecular formula is C13H20N6. The maximum atomic E-state index is 5.89. The highest BCUT2D eigenvalue weighted by Crippen LogP contribution is 2.21. The predicted molar refractivity (Wildman–Crippen MR) is 75.1 cm³/mol. The lowest BCUT2D eigenvalue weighted by Crippen LogP contribution is -2.45. The van der Waals surface area contributed by atoms with Crippen LogP contribution in [0.25, 0.3) is 5.69 Å². The van der Waals surface area contributed by atoms with E-state index >= 15 is 0 Å². The Bertz CT molecular complexity index is 495. The van der Waals surface area contributed by atoms with Crippen molar-refractivity contribution in [1.82, 2.24) is 20.2 Å².